The van der Waals surface area contributed by atoms with Gasteiger partial charge >= 0.3 is 0 Å². The summed E-state index contributed by atoms with van der Waals surface area (Å²) < 4.78 is 16.3. The van der Waals surface area contributed by atoms with Crippen LogP contribution in [0.5, 0.6) is 11.5 Å². The molecule has 0 radical (unpaired) electrons. The lowest BCUT2D eigenvalue weighted by molar-refractivity contribution is -0.00900. The summed E-state index contributed by atoms with van der Waals surface area (Å²) in [6.07, 6.45) is 0. The third kappa shape index (κ3) is 4.73. The molecule has 1 aromatic rings. The topological polar surface area (TPSA) is 39.7 Å². The molecule has 0 saturated heterocycles. The standard InChI is InChI=1S/C15H25NO3/c1-6-19-15(2,3)11-16-10-12-8-7-9-13(17-4)14(12)18-5/h7-9,16H,6,10-11H2,1-5H3. The van der Waals surface area contributed by atoms with E-state index in [9.17, 15) is 0 Å². The second-order valence-corrected chi connectivity index (χ2v) is 4.95. The lowest BCUT2D eigenvalue weighted by Crippen LogP contribution is -2.37. The number of nitrogens with one attached hydrogen (secondary N) is 1. The molecule has 108 valence electrons. The summed E-state index contributed by atoms with van der Waals surface area (Å²) in [5.41, 5.74) is 0.912. The zero-order valence-corrected chi connectivity index (χ0v) is 12.6. The Morgan fingerprint density at radius 1 is 1.16 bits per heavy atom. The van der Waals surface area contributed by atoms with Crippen LogP contribution in [0.3, 0.4) is 0 Å². The first-order valence-electron chi connectivity index (χ1n) is 6.58. The molecule has 0 atom stereocenters. The first kappa shape index (κ1) is 15.8. The van der Waals surface area contributed by atoms with E-state index in [1.165, 1.54) is 0 Å². The van der Waals surface area contributed by atoms with E-state index in [-0.39, 0.29) is 5.60 Å². The fraction of sp³-hybridized carbons (Fsp3) is 0.600. The van der Waals surface area contributed by atoms with E-state index in [2.05, 4.69) is 19.2 Å². The summed E-state index contributed by atoms with van der Waals surface area (Å²) in [5.74, 6) is 1.54. The lowest BCUT2D eigenvalue weighted by Gasteiger charge is -2.25. The van der Waals surface area contributed by atoms with Crippen molar-refractivity contribution < 1.29 is 14.2 Å². The molecule has 1 aromatic carbocycles. The molecule has 0 heterocycles. The van der Waals surface area contributed by atoms with Gasteiger partial charge < -0.3 is 19.5 Å². The Hall–Kier alpha value is -1.26. The molecule has 1 N–H and O–H groups in total. The van der Waals surface area contributed by atoms with Gasteiger partial charge in [-0.2, -0.15) is 0 Å². The highest BCUT2D eigenvalue weighted by atomic mass is 16.5. The molecule has 0 spiro atoms. The summed E-state index contributed by atoms with van der Waals surface area (Å²) >= 11 is 0. The van der Waals surface area contributed by atoms with Crippen LogP contribution in [-0.2, 0) is 11.3 Å². The van der Waals surface area contributed by atoms with Crippen molar-refractivity contribution in [2.75, 3.05) is 27.4 Å². The first-order chi connectivity index (χ1) is 9.04. The SMILES string of the molecule is CCOC(C)(C)CNCc1cccc(OC)c1OC. The maximum absolute atomic E-state index is 5.65. The molecule has 0 amide bonds. The van der Waals surface area contributed by atoms with Gasteiger partial charge in [0.2, 0.25) is 0 Å². The Balaban J connectivity index is 2.63. The van der Waals surface area contributed by atoms with Crippen LogP contribution >= 0.6 is 0 Å². The van der Waals surface area contributed by atoms with E-state index < -0.39 is 0 Å². The molecule has 0 aliphatic heterocycles. The van der Waals surface area contributed by atoms with Gasteiger partial charge in [-0.1, -0.05) is 12.1 Å². The average molecular weight is 267 g/mol. The van der Waals surface area contributed by atoms with Crippen LogP contribution in [0.4, 0.5) is 0 Å². The molecule has 0 fully saturated rings. The van der Waals surface area contributed by atoms with Gasteiger partial charge in [0.15, 0.2) is 11.5 Å². The Morgan fingerprint density at radius 3 is 2.47 bits per heavy atom. The van der Waals surface area contributed by atoms with Gasteiger partial charge in [-0.3, -0.25) is 0 Å². The van der Waals surface area contributed by atoms with E-state index in [0.29, 0.717) is 0 Å². The van der Waals surface area contributed by atoms with Crippen LogP contribution in [0.2, 0.25) is 0 Å². The van der Waals surface area contributed by atoms with Crippen LogP contribution in [0, 0.1) is 0 Å². The maximum atomic E-state index is 5.65. The van der Waals surface area contributed by atoms with Gasteiger partial charge in [-0.25, -0.2) is 0 Å². The number of rotatable bonds is 8. The molecule has 1 rings (SSSR count). The summed E-state index contributed by atoms with van der Waals surface area (Å²) in [7, 11) is 3.30. The van der Waals surface area contributed by atoms with Crippen molar-refractivity contribution in [2.45, 2.75) is 32.9 Å². The van der Waals surface area contributed by atoms with Crippen molar-refractivity contribution in [2.24, 2.45) is 0 Å². The highest BCUT2D eigenvalue weighted by molar-refractivity contribution is 5.46. The molecule has 0 aromatic heterocycles. The fourth-order valence-electron chi connectivity index (χ4n) is 2.03. The Kier molecular flexibility index (Phi) is 6.12. The van der Waals surface area contributed by atoms with Crippen molar-refractivity contribution >= 4 is 0 Å². The van der Waals surface area contributed by atoms with E-state index in [1.54, 1.807) is 14.2 Å². The van der Waals surface area contributed by atoms with Crippen molar-refractivity contribution in [1.29, 1.82) is 0 Å². The number of para-hydroxylation sites is 1. The van der Waals surface area contributed by atoms with Gasteiger partial charge in [0.1, 0.15) is 0 Å². The van der Waals surface area contributed by atoms with E-state index in [1.807, 2.05) is 25.1 Å². The van der Waals surface area contributed by atoms with E-state index in [4.69, 9.17) is 14.2 Å². The zero-order valence-electron chi connectivity index (χ0n) is 12.6. The Morgan fingerprint density at radius 2 is 1.89 bits per heavy atom. The van der Waals surface area contributed by atoms with Gasteiger partial charge in [0, 0.05) is 25.3 Å². The number of ether oxygens (including phenoxy) is 3. The third-order valence-corrected chi connectivity index (χ3v) is 2.89. The second kappa shape index (κ2) is 7.36. The van der Waals surface area contributed by atoms with Crippen LogP contribution < -0.4 is 14.8 Å². The van der Waals surface area contributed by atoms with Crippen molar-refractivity contribution in [3.63, 3.8) is 0 Å². The summed E-state index contributed by atoms with van der Waals surface area (Å²) in [4.78, 5) is 0. The predicted octanol–water partition coefficient (Wildman–Crippen LogP) is 2.61. The summed E-state index contributed by atoms with van der Waals surface area (Å²) in [6.45, 7) is 8.38. The first-order valence-corrected chi connectivity index (χ1v) is 6.58. The van der Waals surface area contributed by atoms with E-state index >= 15 is 0 Å². The molecule has 0 unspecified atom stereocenters. The predicted molar refractivity (Wildman–Crippen MR) is 77.0 cm³/mol. The molecular weight excluding hydrogens is 242 g/mol. The largest absolute Gasteiger partial charge is 0.493 e. The lowest BCUT2D eigenvalue weighted by atomic mass is 10.1. The van der Waals surface area contributed by atoms with Crippen molar-refractivity contribution in [3.05, 3.63) is 23.8 Å². The Bertz CT molecular complexity index is 391. The van der Waals surface area contributed by atoms with Crippen molar-refractivity contribution in [3.8, 4) is 11.5 Å². The molecule has 19 heavy (non-hydrogen) atoms. The number of benzene rings is 1. The second-order valence-electron chi connectivity index (χ2n) is 4.95. The highest BCUT2D eigenvalue weighted by Gasteiger charge is 2.17. The molecule has 0 aliphatic rings. The summed E-state index contributed by atoms with van der Waals surface area (Å²) in [6, 6.07) is 5.89. The molecule has 0 bridgehead atoms. The summed E-state index contributed by atoms with van der Waals surface area (Å²) in [5, 5.41) is 3.39. The molecule has 0 saturated carbocycles. The van der Waals surface area contributed by atoms with Gasteiger partial charge in [-0.05, 0) is 26.8 Å². The maximum Gasteiger partial charge on any atom is 0.165 e. The monoisotopic (exact) mass is 267 g/mol. The van der Waals surface area contributed by atoms with Crippen molar-refractivity contribution in [1.82, 2.24) is 5.32 Å². The van der Waals surface area contributed by atoms with Gasteiger partial charge in [0.05, 0.1) is 19.8 Å². The quantitative estimate of drug-likeness (QED) is 0.786. The van der Waals surface area contributed by atoms with E-state index in [0.717, 1.165) is 36.8 Å². The minimum absolute atomic E-state index is 0.166. The van der Waals surface area contributed by atoms with Crippen LogP contribution in [0.25, 0.3) is 0 Å². The smallest absolute Gasteiger partial charge is 0.165 e. The average Bonchev–Trinajstić information content (AvgIpc) is 2.38. The number of hydrogen-bond acceptors (Lipinski definition) is 4. The molecule has 0 aliphatic carbocycles. The molecule has 4 heteroatoms. The fourth-order valence-corrected chi connectivity index (χ4v) is 2.03. The minimum atomic E-state index is -0.166. The van der Waals surface area contributed by atoms with Crippen LogP contribution in [0.1, 0.15) is 26.3 Å². The van der Waals surface area contributed by atoms with Gasteiger partial charge in [-0.15, -0.1) is 0 Å². The number of methoxy groups -OCH3 is 2. The van der Waals surface area contributed by atoms with Crippen LogP contribution in [0.15, 0.2) is 18.2 Å². The third-order valence-electron chi connectivity index (χ3n) is 2.89. The number of hydrogen-bond donors (Lipinski definition) is 1. The molecular formula is C15H25NO3. The molecule has 4 nitrogen and oxygen atoms in total. The highest BCUT2D eigenvalue weighted by Crippen LogP contribution is 2.30. The Labute approximate surface area is 116 Å². The normalized spacial score (nSPS) is 11.4. The minimum Gasteiger partial charge on any atom is -0.493 e. The van der Waals surface area contributed by atoms with Crippen LogP contribution in [-0.4, -0.2) is 33.0 Å². The van der Waals surface area contributed by atoms with Gasteiger partial charge in [0.25, 0.3) is 0 Å². The zero-order chi connectivity index (χ0) is 14.3.